The van der Waals surface area contributed by atoms with Crippen LogP contribution in [-0.2, 0) is 4.79 Å². The SMILES string of the molecule is CCCC(N)C(=O)Nc1ncccc1O.Cl. The summed E-state index contributed by atoms with van der Waals surface area (Å²) in [6, 6.07) is 2.47. The molecule has 0 aliphatic rings. The summed E-state index contributed by atoms with van der Waals surface area (Å²) in [5.74, 6) is -0.241. The predicted molar refractivity (Wildman–Crippen MR) is 64.7 cm³/mol. The second-order valence-electron chi connectivity index (χ2n) is 3.26. The van der Waals surface area contributed by atoms with Gasteiger partial charge in [0.15, 0.2) is 11.6 Å². The van der Waals surface area contributed by atoms with Gasteiger partial charge in [-0.2, -0.15) is 0 Å². The molecule has 0 fully saturated rings. The lowest BCUT2D eigenvalue weighted by molar-refractivity contribution is -0.117. The van der Waals surface area contributed by atoms with Gasteiger partial charge in [-0.25, -0.2) is 4.98 Å². The zero-order chi connectivity index (χ0) is 11.3. The van der Waals surface area contributed by atoms with E-state index in [9.17, 15) is 9.90 Å². The number of carbonyl (C=O) groups excluding carboxylic acids is 1. The van der Waals surface area contributed by atoms with Gasteiger partial charge in [0.25, 0.3) is 0 Å². The highest BCUT2D eigenvalue weighted by Gasteiger charge is 2.14. The molecule has 0 spiro atoms. The Labute approximate surface area is 100 Å². The van der Waals surface area contributed by atoms with Crippen LogP contribution in [0.1, 0.15) is 19.8 Å². The summed E-state index contributed by atoms with van der Waals surface area (Å²) in [5.41, 5.74) is 5.60. The topological polar surface area (TPSA) is 88.2 Å². The summed E-state index contributed by atoms with van der Waals surface area (Å²) in [7, 11) is 0. The first-order valence-electron chi connectivity index (χ1n) is 4.85. The number of halogens is 1. The van der Waals surface area contributed by atoms with Crippen LogP contribution in [0.3, 0.4) is 0 Å². The monoisotopic (exact) mass is 245 g/mol. The molecule has 6 heteroatoms. The van der Waals surface area contributed by atoms with Crippen molar-refractivity contribution in [3.63, 3.8) is 0 Å². The average molecular weight is 246 g/mol. The van der Waals surface area contributed by atoms with Crippen LogP contribution in [-0.4, -0.2) is 22.0 Å². The first-order chi connectivity index (χ1) is 7.15. The van der Waals surface area contributed by atoms with Gasteiger partial charge in [-0.3, -0.25) is 4.79 Å². The molecular formula is C10H16ClN3O2. The second kappa shape index (κ2) is 7.03. The number of rotatable bonds is 4. The molecule has 5 nitrogen and oxygen atoms in total. The van der Waals surface area contributed by atoms with Crippen molar-refractivity contribution in [2.24, 2.45) is 5.73 Å². The van der Waals surface area contributed by atoms with E-state index in [1.807, 2.05) is 6.92 Å². The third-order valence-electron chi connectivity index (χ3n) is 1.96. The molecule has 0 saturated carbocycles. The molecule has 1 heterocycles. The lowest BCUT2D eigenvalue weighted by atomic mass is 10.2. The lowest BCUT2D eigenvalue weighted by Crippen LogP contribution is -2.35. The van der Waals surface area contributed by atoms with Gasteiger partial charge >= 0.3 is 0 Å². The zero-order valence-electron chi connectivity index (χ0n) is 9.01. The summed E-state index contributed by atoms with van der Waals surface area (Å²) >= 11 is 0. The van der Waals surface area contributed by atoms with Gasteiger partial charge in [0, 0.05) is 6.20 Å². The van der Waals surface area contributed by atoms with Crippen molar-refractivity contribution in [3.05, 3.63) is 18.3 Å². The van der Waals surface area contributed by atoms with Crippen molar-refractivity contribution in [2.75, 3.05) is 5.32 Å². The third kappa shape index (κ3) is 4.04. The first kappa shape index (κ1) is 14.7. The second-order valence-corrected chi connectivity index (χ2v) is 3.26. The highest BCUT2D eigenvalue weighted by atomic mass is 35.5. The van der Waals surface area contributed by atoms with Crippen molar-refractivity contribution in [3.8, 4) is 5.75 Å². The fourth-order valence-electron chi connectivity index (χ4n) is 1.14. The van der Waals surface area contributed by atoms with Crippen LogP contribution in [0.5, 0.6) is 5.75 Å². The van der Waals surface area contributed by atoms with Crippen LogP contribution in [0.2, 0.25) is 0 Å². The van der Waals surface area contributed by atoms with Crippen LogP contribution in [0.25, 0.3) is 0 Å². The third-order valence-corrected chi connectivity index (χ3v) is 1.96. The standard InChI is InChI=1S/C10H15N3O2.ClH/c1-2-4-7(11)10(15)13-9-8(14)5-3-6-12-9;/h3,5-7,14H,2,4,11H2,1H3,(H,12,13,15);1H. The van der Waals surface area contributed by atoms with Crippen molar-refractivity contribution in [2.45, 2.75) is 25.8 Å². The molecule has 4 N–H and O–H groups in total. The van der Waals surface area contributed by atoms with E-state index in [1.54, 1.807) is 6.07 Å². The van der Waals surface area contributed by atoms with E-state index in [0.29, 0.717) is 6.42 Å². The van der Waals surface area contributed by atoms with Gasteiger partial charge < -0.3 is 16.2 Å². The highest BCUT2D eigenvalue weighted by Crippen LogP contribution is 2.18. The number of amides is 1. The number of carbonyl (C=O) groups is 1. The molecule has 0 bridgehead atoms. The van der Waals surface area contributed by atoms with Crippen molar-refractivity contribution in [1.82, 2.24) is 4.98 Å². The van der Waals surface area contributed by atoms with Gasteiger partial charge in [0.1, 0.15) is 0 Å². The number of nitrogens with zero attached hydrogens (tertiary/aromatic N) is 1. The minimum Gasteiger partial charge on any atom is -0.504 e. The Kier molecular flexibility index (Phi) is 6.44. The zero-order valence-corrected chi connectivity index (χ0v) is 9.83. The first-order valence-corrected chi connectivity index (χ1v) is 4.85. The molecule has 0 aliphatic carbocycles. The van der Waals surface area contributed by atoms with E-state index in [0.717, 1.165) is 6.42 Å². The van der Waals surface area contributed by atoms with Gasteiger partial charge in [-0.15, -0.1) is 12.4 Å². The molecule has 0 saturated heterocycles. The van der Waals surface area contributed by atoms with Crippen LogP contribution < -0.4 is 11.1 Å². The Hall–Kier alpha value is -1.33. The number of nitrogens with one attached hydrogen (secondary N) is 1. The van der Waals surface area contributed by atoms with Crippen LogP contribution in [0.4, 0.5) is 5.82 Å². The Morgan fingerprint density at radius 2 is 2.38 bits per heavy atom. The van der Waals surface area contributed by atoms with Gasteiger partial charge in [-0.1, -0.05) is 13.3 Å². The Morgan fingerprint density at radius 1 is 1.69 bits per heavy atom. The van der Waals surface area contributed by atoms with E-state index in [-0.39, 0.29) is 29.9 Å². The van der Waals surface area contributed by atoms with Gasteiger partial charge in [0.2, 0.25) is 5.91 Å². The van der Waals surface area contributed by atoms with Crippen molar-refractivity contribution < 1.29 is 9.90 Å². The number of pyridine rings is 1. The van der Waals surface area contributed by atoms with Crippen LogP contribution in [0, 0.1) is 0 Å². The fraction of sp³-hybridized carbons (Fsp3) is 0.400. The van der Waals surface area contributed by atoms with E-state index < -0.39 is 6.04 Å². The maximum Gasteiger partial charge on any atom is 0.242 e. The average Bonchev–Trinajstić information content (AvgIpc) is 2.21. The quantitative estimate of drug-likeness (QED) is 0.746. The smallest absolute Gasteiger partial charge is 0.242 e. The van der Waals surface area contributed by atoms with E-state index >= 15 is 0 Å². The molecular weight excluding hydrogens is 230 g/mol. The summed E-state index contributed by atoms with van der Waals surface area (Å²) in [6.07, 6.45) is 2.93. The molecule has 1 aromatic heterocycles. The molecule has 1 rings (SSSR count). The summed E-state index contributed by atoms with van der Waals surface area (Å²) < 4.78 is 0. The minimum atomic E-state index is -0.559. The van der Waals surface area contributed by atoms with E-state index in [1.165, 1.54) is 12.3 Å². The summed E-state index contributed by atoms with van der Waals surface area (Å²) in [6.45, 7) is 1.95. The highest BCUT2D eigenvalue weighted by molar-refractivity contribution is 5.94. The molecule has 1 amide bonds. The fourth-order valence-corrected chi connectivity index (χ4v) is 1.14. The van der Waals surface area contributed by atoms with Crippen LogP contribution >= 0.6 is 12.4 Å². The molecule has 16 heavy (non-hydrogen) atoms. The minimum absolute atomic E-state index is 0. The molecule has 90 valence electrons. The Balaban J connectivity index is 0.00000225. The molecule has 1 unspecified atom stereocenters. The van der Waals surface area contributed by atoms with Gasteiger partial charge in [0.05, 0.1) is 6.04 Å². The number of hydrogen-bond donors (Lipinski definition) is 3. The van der Waals surface area contributed by atoms with E-state index in [2.05, 4.69) is 10.3 Å². The Morgan fingerprint density at radius 3 is 2.94 bits per heavy atom. The summed E-state index contributed by atoms with van der Waals surface area (Å²) in [5, 5.41) is 11.8. The molecule has 0 aromatic carbocycles. The van der Waals surface area contributed by atoms with Crippen LogP contribution in [0.15, 0.2) is 18.3 Å². The molecule has 1 atom stereocenters. The number of aromatic nitrogens is 1. The maximum absolute atomic E-state index is 11.5. The van der Waals surface area contributed by atoms with Crippen molar-refractivity contribution >= 4 is 24.1 Å². The normalized spacial score (nSPS) is 11.4. The lowest BCUT2D eigenvalue weighted by Gasteiger charge is -2.10. The Bertz CT molecular complexity index is 347. The number of nitrogens with two attached hydrogens (primary N) is 1. The number of anilines is 1. The largest absolute Gasteiger partial charge is 0.504 e. The molecule has 1 aromatic rings. The van der Waals surface area contributed by atoms with Crippen molar-refractivity contribution in [1.29, 1.82) is 0 Å². The van der Waals surface area contributed by atoms with Gasteiger partial charge in [-0.05, 0) is 18.6 Å². The molecule has 0 aliphatic heterocycles. The number of aromatic hydroxyl groups is 1. The van der Waals surface area contributed by atoms with E-state index in [4.69, 9.17) is 5.73 Å². The molecule has 0 radical (unpaired) electrons. The number of hydrogen-bond acceptors (Lipinski definition) is 4. The maximum atomic E-state index is 11.5. The predicted octanol–water partition coefficient (Wildman–Crippen LogP) is 1.27. The summed E-state index contributed by atoms with van der Waals surface area (Å²) in [4.78, 5) is 15.3.